The van der Waals surface area contributed by atoms with E-state index in [1.54, 1.807) is 6.07 Å². The van der Waals surface area contributed by atoms with Crippen molar-refractivity contribution in [1.29, 1.82) is 0 Å². The molecule has 1 N–H and O–H groups in total. The minimum absolute atomic E-state index is 0.0130. The highest BCUT2D eigenvalue weighted by Gasteiger charge is 2.35. The molecule has 2 rings (SSSR count). The highest BCUT2D eigenvalue weighted by Crippen LogP contribution is 2.41. The molecule has 2 atom stereocenters. The van der Waals surface area contributed by atoms with Gasteiger partial charge in [0, 0.05) is 12.1 Å². The summed E-state index contributed by atoms with van der Waals surface area (Å²) in [6.45, 7) is 18.9. The van der Waals surface area contributed by atoms with Crippen molar-refractivity contribution in [2.45, 2.75) is 117 Å². The van der Waals surface area contributed by atoms with Gasteiger partial charge in [-0.15, -0.1) is 0 Å². The van der Waals surface area contributed by atoms with Crippen LogP contribution in [-0.2, 0) is 20.8 Å². The van der Waals surface area contributed by atoms with Crippen LogP contribution in [0.2, 0.25) is 13.1 Å². The van der Waals surface area contributed by atoms with E-state index in [2.05, 4.69) is 72.9 Å². The standard InChI is InChI=1S/C32H47F3NO2Si/c1-10-11-12-15-22(24-16-13-14-17-25(24)32(33,34)35)21-28(37)36-27-20-23(18-19-26(27)30(2,3)4)29(31(5,6)7)38-39(8)9/h13-14,16-20,22,29H,10-12,15,21H2,1-9H3,(H,36,37). The van der Waals surface area contributed by atoms with Gasteiger partial charge in [-0.3, -0.25) is 4.79 Å². The molecule has 0 aliphatic rings. The van der Waals surface area contributed by atoms with Gasteiger partial charge in [0.2, 0.25) is 14.9 Å². The normalized spacial score (nSPS) is 14.4. The predicted molar refractivity (Wildman–Crippen MR) is 157 cm³/mol. The van der Waals surface area contributed by atoms with E-state index in [1.165, 1.54) is 12.1 Å². The average Bonchev–Trinajstić information content (AvgIpc) is 2.80. The zero-order valence-electron chi connectivity index (χ0n) is 25.2. The summed E-state index contributed by atoms with van der Waals surface area (Å²) in [5.74, 6) is -0.799. The van der Waals surface area contributed by atoms with Crippen molar-refractivity contribution >= 4 is 20.6 Å². The molecule has 0 bridgehead atoms. The highest BCUT2D eigenvalue weighted by atomic mass is 28.3. The Morgan fingerprint density at radius 3 is 2.13 bits per heavy atom. The molecule has 0 saturated carbocycles. The van der Waals surface area contributed by atoms with Crippen LogP contribution >= 0.6 is 0 Å². The minimum Gasteiger partial charge on any atom is -0.410 e. The van der Waals surface area contributed by atoms with Gasteiger partial charge >= 0.3 is 6.18 Å². The maximum atomic E-state index is 13.9. The van der Waals surface area contributed by atoms with Crippen LogP contribution in [0.25, 0.3) is 0 Å². The number of rotatable bonds is 11. The van der Waals surface area contributed by atoms with Crippen molar-refractivity contribution in [3.05, 3.63) is 64.7 Å². The Bertz CT molecular complexity index is 1080. The Hall–Kier alpha value is -2.12. The van der Waals surface area contributed by atoms with Crippen molar-refractivity contribution in [2.24, 2.45) is 5.41 Å². The highest BCUT2D eigenvalue weighted by molar-refractivity contribution is 6.48. The van der Waals surface area contributed by atoms with E-state index >= 15 is 0 Å². The van der Waals surface area contributed by atoms with Gasteiger partial charge in [-0.05, 0) is 65.1 Å². The van der Waals surface area contributed by atoms with Gasteiger partial charge in [0.15, 0.2) is 0 Å². The van der Waals surface area contributed by atoms with Gasteiger partial charge in [-0.2, -0.15) is 13.2 Å². The van der Waals surface area contributed by atoms with E-state index in [4.69, 9.17) is 4.43 Å². The van der Waals surface area contributed by atoms with Gasteiger partial charge < -0.3 is 9.74 Å². The Morgan fingerprint density at radius 2 is 1.59 bits per heavy atom. The first-order valence-electron chi connectivity index (χ1n) is 14.0. The summed E-state index contributed by atoms with van der Waals surface area (Å²) in [5.41, 5.74) is 1.80. The lowest BCUT2D eigenvalue weighted by atomic mass is 9.81. The third kappa shape index (κ3) is 9.78. The number of halogens is 3. The van der Waals surface area contributed by atoms with Crippen LogP contribution in [0.4, 0.5) is 18.9 Å². The Kier molecular flexibility index (Phi) is 11.4. The first-order chi connectivity index (χ1) is 17.9. The Morgan fingerprint density at radius 1 is 0.949 bits per heavy atom. The van der Waals surface area contributed by atoms with E-state index in [0.717, 1.165) is 36.5 Å². The molecule has 2 aromatic rings. The zero-order chi connectivity index (χ0) is 29.6. The van der Waals surface area contributed by atoms with Crippen molar-refractivity contribution in [3.63, 3.8) is 0 Å². The van der Waals surface area contributed by atoms with Gasteiger partial charge in [-0.1, -0.05) is 98.1 Å². The molecule has 0 saturated heterocycles. The molecule has 1 amide bonds. The lowest BCUT2D eigenvalue weighted by molar-refractivity contribution is -0.138. The minimum atomic E-state index is -4.47. The van der Waals surface area contributed by atoms with Gasteiger partial charge in [0.25, 0.3) is 0 Å². The van der Waals surface area contributed by atoms with E-state index < -0.39 is 26.7 Å². The van der Waals surface area contributed by atoms with Crippen LogP contribution in [-0.4, -0.2) is 14.9 Å². The van der Waals surface area contributed by atoms with Crippen LogP contribution in [0.15, 0.2) is 42.5 Å². The SMILES string of the molecule is CCCCCC(CC(=O)Nc1cc(C(O[Si](C)C)C(C)(C)C)ccc1C(C)(C)C)c1ccccc1C(F)(F)F. The average molecular weight is 563 g/mol. The number of amides is 1. The summed E-state index contributed by atoms with van der Waals surface area (Å²) in [4.78, 5) is 13.5. The number of carbonyl (C=O) groups excluding carboxylic acids is 1. The molecule has 0 fully saturated rings. The van der Waals surface area contributed by atoms with Crippen LogP contribution in [0.5, 0.6) is 0 Å². The summed E-state index contributed by atoms with van der Waals surface area (Å²) in [6, 6.07) is 11.8. The molecule has 2 unspecified atom stereocenters. The fourth-order valence-corrected chi connectivity index (χ4v) is 5.97. The van der Waals surface area contributed by atoms with E-state index in [0.29, 0.717) is 12.1 Å². The molecule has 7 heteroatoms. The van der Waals surface area contributed by atoms with E-state index in [1.807, 2.05) is 12.1 Å². The molecular weight excluding hydrogens is 515 g/mol. The zero-order valence-corrected chi connectivity index (χ0v) is 26.2. The molecule has 39 heavy (non-hydrogen) atoms. The topological polar surface area (TPSA) is 38.3 Å². The van der Waals surface area contributed by atoms with Crippen LogP contribution in [0.3, 0.4) is 0 Å². The fourth-order valence-electron chi connectivity index (χ4n) is 5.01. The third-order valence-corrected chi connectivity index (χ3v) is 7.57. The molecule has 0 aliphatic carbocycles. The van der Waals surface area contributed by atoms with Crippen molar-refractivity contribution in [2.75, 3.05) is 5.32 Å². The number of unbranched alkanes of at least 4 members (excludes halogenated alkanes) is 2. The summed E-state index contributed by atoms with van der Waals surface area (Å²) in [6.07, 6.45) is -1.46. The van der Waals surface area contributed by atoms with Gasteiger partial charge in [-0.25, -0.2) is 0 Å². The second-order valence-corrected chi connectivity index (χ2v) is 14.9. The molecule has 0 spiro atoms. The fraction of sp³-hybridized carbons (Fsp3) is 0.594. The van der Waals surface area contributed by atoms with Crippen LogP contribution in [0.1, 0.15) is 115 Å². The molecule has 217 valence electrons. The van der Waals surface area contributed by atoms with Gasteiger partial charge in [0.1, 0.15) is 0 Å². The number of hydrogen-bond donors (Lipinski definition) is 1. The predicted octanol–water partition coefficient (Wildman–Crippen LogP) is 10.1. The molecule has 0 aromatic heterocycles. The molecule has 1 radical (unpaired) electrons. The van der Waals surface area contributed by atoms with Crippen LogP contribution in [0, 0.1) is 5.41 Å². The van der Waals surface area contributed by atoms with E-state index in [-0.39, 0.29) is 34.8 Å². The van der Waals surface area contributed by atoms with Crippen molar-refractivity contribution < 1.29 is 22.4 Å². The quantitative estimate of drug-likeness (QED) is 0.219. The number of benzene rings is 2. The first kappa shape index (κ1) is 33.1. The second-order valence-electron chi connectivity index (χ2n) is 12.9. The molecule has 3 nitrogen and oxygen atoms in total. The molecule has 0 heterocycles. The van der Waals surface area contributed by atoms with E-state index in [9.17, 15) is 18.0 Å². The lowest BCUT2D eigenvalue weighted by Crippen LogP contribution is -2.27. The third-order valence-electron chi connectivity index (χ3n) is 6.86. The summed E-state index contributed by atoms with van der Waals surface area (Å²) in [7, 11) is -0.988. The number of hydrogen-bond acceptors (Lipinski definition) is 2. The molecule has 2 aromatic carbocycles. The number of nitrogens with one attached hydrogen (secondary N) is 1. The number of carbonyl (C=O) groups is 1. The summed E-state index contributed by atoms with van der Waals surface area (Å²) >= 11 is 0. The first-order valence-corrected chi connectivity index (χ1v) is 16.4. The maximum absolute atomic E-state index is 13.9. The monoisotopic (exact) mass is 562 g/mol. The Labute approximate surface area is 235 Å². The molecule has 0 aliphatic heterocycles. The molecular formula is C32H47F3NO2Si. The number of anilines is 1. The summed E-state index contributed by atoms with van der Waals surface area (Å²) in [5, 5.41) is 3.10. The largest absolute Gasteiger partial charge is 0.416 e. The van der Waals surface area contributed by atoms with Gasteiger partial charge in [0.05, 0.1) is 11.7 Å². The van der Waals surface area contributed by atoms with Crippen molar-refractivity contribution in [1.82, 2.24) is 0 Å². The lowest BCUT2D eigenvalue weighted by Gasteiger charge is -2.34. The van der Waals surface area contributed by atoms with Crippen LogP contribution < -0.4 is 5.32 Å². The smallest absolute Gasteiger partial charge is 0.410 e. The van der Waals surface area contributed by atoms with Crippen molar-refractivity contribution in [3.8, 4) is 0 Å². The Balaban J connectivity index is 2.47. The maximum Gasteiger partial charge on any atom is 0.416 e. The summed E-state index contributed by atoms with van der Waals surface area (Å²) < 4.78 is 48.0. The number of alkyl halides is 3. The second kappa shape index (κ2) is 13.5.